The number of ether oxygens (including phenoxy) is 1. The summed E-state index contributed by atoms with van der Waals surface area (Å²) in [5, 5.41) is 11.9. The molecule has 0 amide bonds. The van der Waals surface area contributed by atoms with Crippen LogP contribution in [-0.2, 0) is 11.2 Å². The van der Waals surface area contributed by atoms with Crippen LogP contribution in [0.5, 0.6) is 5.75 Å². The summed E-state index contributed by atoms with van der Waals surface area (Å²) in [4.78, 5) is 12.0. The van der Waals surface area contributed by atoms with Crippen LogP contribution in [-0.4, -0.2) is 17.7 Å². The zero-order chi connectivity index (χ0) is 18.5. The molecular formula is C23H24O3. The Hall–Kier alpha value is -2.81. The maximum Gasteiger partial charge on any atom is 0.311 e. The van der Waals surface area contributed by atoms with E-state index >= 15 is 0 Å². The summed E-state index contributed by atoms with van der Waals surface area (Å²) in [7, 11) is 0. The SMILES string of the molecule is CC(C)COc1cccc(CC(C(=O)O)c2cccc3ccccc23)c1. The van der Waals surface area contributed by atoms with Crippen molar-refractivity contribution in [2.75, 3.05) is 6.61 Å². The minimum Gasteiger partial charge on any atom is -0.493 e. The Labute approximate surface area is 154 Å². The third-order valence-corrected chi connectivity index (χ3v) is 4.42. The first kappa shape index (κ1) is 18.0. The Balaban J connectivity index is 1.90. The largest absolute Gasteiger partial charge is 0.493 e. The van der Waals surface area contributed by atoms with E-state index in [4.69, 9.17) is 4.74 Å². The Morgan fingerprint density at radius 1 is 1.00 bits per heavy atom. The van der Waals surface area contributed by atoms with Crippen molar-refractivity contribution in [1.29, 1.82) is 0 Å². The highest BCUT2D eigenvalue weighted by molar-refractivity contribution is 5.90. The Bertz CT molecular complexity index is 893. The second-order valence-corrected chi connectivity index (χ2v) is 7.02. The highest BCUT2D eigenvalue weighted by Gasteiger charge is 2.22. The third kappa shape index (κ3) is 4.23. The molecule has 0 aliphatic carbocycles. The fourth-order valence-electron chi connectivity index (χ4n) is 3.15. The molecule has 0 aliphatic rings. The molecule has 0 spiro atoms. The van der Waals surface area contributed by atoms with Crippen LogP contribution in [0.3, 0.4) is 0 Å². The Morgan fingerprint density at radius 3 is 2.50 bits per heavy atom. The van der Waals surface area contributed by atoms with Crippen molar-refractivity contribution in [1.82, 2.24) is 0 Å². The van der Waals surface area contributed by atoms with E-state index in [2.05, 4.69) is 13.8 Å². The summed E-state index contributed by atoms with van der Waals surface area (Å²) >= 11 is 0. The summed E-state index contributed by atoms with van der Waals surface area (Å²) < 4.78 is 5.78. The average Bonchev–Trinajstić information content (AvgIpc) is 2.64. The molecule has 0 aromatic heterocycles. The highest BCUT2D eigenvalue weighted by Crippen LogP contribution is 2.29. The van der Waals surface area contributed by atoms with E-state index in [9.17, 15) is 9.90 Å². The van der Waals surface area contributed by atoms with Crippen LogP contribution in [0, 0.1) is 5.92 Å². The Kier molecular flexibility index (Phi) is 5.57. The number of carboxylic acid groups (broad SMARTS) is 1. The quantitative estimate of drug-likeness (QED) is 0.631. The van der Waals surface area contributed by atoms with Gasteiger partial charge in [-0.15, -0.1) is 0 Å². The Morgan fingerprint density at radius 2 is 1.73 bits per heavy atom. The van der Waals surface area contributed by atoms with Crippen molar-refractivity contribution in [3.8, 4) is 5.75 Å². The molecule has 0 heterocycles. The number of fused-ring (bicyclic) bond motifs is 1. The molecule has 1 N–H and O–H groups in total. The lowest BCUT2D eigenvalue weighted by Crippen LogP contribution is -2.15. The molecule has 0 saturated carbocycles. The van der Waals surface area contributed by atoms with Gasteiger partial charge in [0.1, 0.15) is 5.75 Å². The molecule has 1 atom stereocenters. The number of hydrogen-bond donors (Lipinski definition) is 1. The van der Waals surface area contributed by atoms with E-state index in [0.29, 0.717) is 18.9 Å². The number of aliphatic carboxylic acids is 1. The minimum atomic E-state index is -0.810. The van der Waals surface area contributed by atoms with E-state index < -0.39 is 11.9 Å². The smallest absolute Gasteiger partial charge is 0.311 e. The lowest BCUT2D eigenvalue weighted by Gasteiger charge is -2.16. The maximum atomic E-state index is 12.0. The number of carbonyl (C=O) groups is 1. The van der Waals surface area contributed by atoms with Gasteiger partial charge in [0.15, 0.2) is 0 Å². The second-order valence-electron chi connectivity index (χ2n) is 7.02. The molecule has 3 rings (SSSR count). The average molecular weight is 348 g/mol. The topological polar surface area (TPSA) is 46.5 Å². The van der Waals surface area contributed by atoms with E-state index in [1.165, 1.54) is 0 Å². The van der Waals surface area contributed by atoms with Crippen molar-refractivity contribution >= 4 is 16.7 Å². The van der Waals surface area contributed by atoms with Gasteiger partial charge < -0.3 is 9.84 Å². The normalized spacial score (nSPS) is 12.3. The van der Waals surface area contributed by atoms with Crippen molar-refractivity contribution in [2.24, 2.45) is 5.92 Å². The van der Waals surface area contributed by atoms with Crippen LogP contribution >= 0.6 is 0 Å². The number of benzene rings is 3. The predicted octanol–water partition coefficient (Wildman–Crippen LogP) is 5.29. The first-order valence-electron chi connectivity index (χ1n) is 8.97. The monoisotopic (exact) mass is 348 g/mol. The van der Waals surface area contributed by atoms with Gasteiger partial charge in [0.25, 0.3) is 0 Å². The van der Waals surface area contributed by atoms with Crippen molar-refractivity contribution in [2.45, 2.75) is 26.2 Å². The first-order valence-corrected chi connectivity index (χ1v) is 8.97. The lowest BCUT2D eigenvalue weighted by molar-refractivity contribution is -0.138. The van der Waals surface area contributed by atoms with Gasteiger partial charge in [0.2, 0.25) is 0 Å². The van der Waals surface area contributed by atoms with E-state index in [0.717, 1.165) is 27.6 Å². The molecule has 0 aliphatic heterocycles. The summed E-state index contributed by atoms with van der Waals surface area (Å²) in [6.45, 7) is 4.85. The van der Waals surface area contributed by atoms with Crippen LogP contribution in [0.25, 0.3) is 10.8 Å². The fourth-order valence-corrected chi connectivity index (χ4v) is 3.15. The molecule has 26 heavy (non-hydrogen) atoms. The van der Waals surface area contributed by atoms with Crippen molar-refractivity contribution in [3.63, 3.8) is 0 Å². The summed E-state index contributed by atoms with van der Waals surface area (Å²) in [6.07, 6.45) is 0.433. The van der Waals surface area contributed by atoms with Gasteiger partial charge in [-0.25, -0.2) is 0 Å². The molecule has 1 unspecified atom stereocenters. The van der Waals surface area contributed by atoms with Gasteiger partial charge in [0.05, 0.1) is 12.5 Å². The van der Waals surface area contributed by atoms with E-state index in [-0.39, 0.29) is 0 Å². The number of rotatable bonds is 7. The lowest BCUT2D eigenvalue weighted by atomic mass is 9.88. The molecule has 3 aromatic rings. The van der Waals surface area contributed by atoms with Crippen molar-refractivity contribution < 1.29 is 14.6 Å². The summed E-state index contributed by atoms with van der Waals surface area (Å²) in [5.74, 6) is -0.171. The fraction of sp³-hybridized carbons (Fsp3) is 0.261. The molecular weight excluding hydrogens is 324 g/mol. The van der Waals surface area contributed by atoms with Gasteiger partial charge in [-0.1, -0.05) is 68.4 Å². The van der Waals surface area contributed by atoms with E-state index in [1.54, 1.807) is 0 Å². The van der Waals surface area contributed by atoms with Crippen LogP contribution in [0.4, 0.5) is 0 Å². The molecule has 3 aromatic carbocycles. The van der Waals surface area contributed by atoms with Gasteiger partial charge in [0, 0.05) is 0 Å². The maximum absolute atomic E-state index is 12.0. The predicted molar refractivity (Wildman–Crippen MR) is 105 cm³/mol. The number of carboxylic acids is 1. The molecule has 0 radical (unpaired) electrons. The molecule has 0 bridgehead atoms. The second kappa shape index (κ2) is 8.05. The minimum absolute atomic E-state index is 0.433. The standard InChI is InChI=1S/C23H24O3/c1-16(2)15-26-19-10-5-7-17(13-19)14-22(23(24)25)21-12-6-9-18-8-3-4-11-20(18)21/h3-13,16,22H,14-15H2,1-2H3,(H,24,25). The molecule has 0 fully saturated rings. The molecule has 0 saturated heterocycles. The molecule has 3 heteroatoms. The van der Waals surface area contributed by atoms with Gasteiger partial charge in [-0.2, -0.15) is 0 Å². The van der Waals surface area contributed by atoms with Gasteiger partial charge in [-0.05, 0) is 46.4 Å². The van der Waals surface area contributed by atoms with Gasteiger partial charge in [-0.3, -0.25) is 4.79 Å². The summed E-state index contributed by atoms with van der Waals surface area (Å²) in [6, 6.07) is 21.5. The van der Waals surface area contributed by atoms with E-state index in [1.807, 2.05) is 66.7 Å². The van der Waals surface area contributed by atoms with Gasteiger partial charge >= 0.3 is 5.97 Å². The van der Waals surface area contributed by atoms with Crippen LogP contribution in [0.2, 0.25) is 0 Å². The van der Waals surface area contributed by atoms with Crippen LogP contribution in [0.15, 0.2) is 66.7 Å². The molecule has 3 nitrogen and oxygen atoms in total. The zero-order valence-corrected chi connectivity index (χ0v) is 15.2. The van der Waals surface area contributed by atoms with Crippen LogP contribution < -0.4 is 4.74 Å². The third-order valence-electron chi connectivity index (χ3n) is 4.42. The molecule has 134 valence electrons. The zero-order valence-electron chi connectivity index (χ0n) is 15.2. The first-order chi connectivity index (χ1) is 12.5. The van der Waals surface area contributed by atoms with Crippen LogP contribution in [0.1, 0.15) is 30.9 Å². The summed E-state index contributed by atoms with van der Waals surface area (Å²) in [5.41, 5.74) is 1.82. The highest BCUT2D eigenvalue weighted by atomic mass is 16.5. The number of hydrogen-bond acceptors (Lipinski definition) is 2. The van der Waals surface area contributed by atoms with Crippen molar-refractivity contribution in [3.05, 3.63) is 77.9 Å².